The molecule has 0 bridgehead atoms. The first-order valence-corrected chi connectivity index (χ1v) is 7.89. The molecule has 5 heteroatoms. The standard InChI is InChI=1S/C16H25N3O2/c1-4-6-10-17-16(20)21-19-14-9-7-8-13-15(14)12(5-2)11(3)18-13/h18H,4-10H2,1-3H3,(H,17,20)/b19-14+. The minimum absolute atomic E-state index is 0.464. The molecule has 0 aromatic carbocycles. The number of unbranched alkanes of at least 4 members (excludes halogenated alkanes) is 1. The Morgan fingerprint density at radius 1 is 1.38 bits per heavy atom. The third-order valence-corrected chi connectivity index (χ3v) is 3.92. The van der Waals surface area contributed by atoms with Crippen LogP contribution in [0.25, 0.3) is 0 Å². The first-order chi connectivity index (χ1) is 10.2. The molecule has 5 nitrogen and oxygen atoms in total. The molecular formula is C16H25N3O2. The molecule has 116 valence electrons. The molecule has 21 heavy (non-hydrogen) atoms. The summed E-state index contributed by atoms with van der Waals surface area (Å²) in [5.74, 6) is 0. The first kappa shape index (κ1) is 15.6. The van der Waals surface area contributed by atoms with E-state index in [-0.39, 0.29) is 0 Å². The van der Waals surface area contributed by atoms with E-state index in [0.717, 1.165) is 44.2 Å². The second-order valence-electron chi connectivity index (χ2n) is 5.49. The highest BCUT2D eigenvalue weighted by molar-refractivity contribution is 6.04. The van der Waals surface area contributed by atoms with Crippen LogP contribution in [0.3, 0.4) is 0 Å². The zero-order valence-electron chi connectivity index (χ0n) is 13.2. The molecule has 1 aliphatic carbocycles. The molecule has 1 aliphatic rings. The first-order valence-electron chi connectivity index (χ1n) is 7.89. The van der Waals surface area contributed by atoms with Gasteiger partial charge >= 0.3 is 6.09 Å². The highest BCUT2D eigenvalue weighted by atomic mass is 16.7. The van der Waals surface area contributed by atoms with Gasteiger partial charge in [0.1, 0.15) is 0 Å². The summed E-state index contributed by atoms with van der Waals surface area (Å²) in [6.07, 6.45) is 5.42. The molecule has 0 atom stereocenters. The van der Waals surface area contributed by atoms with Gasteiger partial charge in [-0.05, 0) is 44.6 Å². The Bertz CT molecular complexity index is 532. The Balaban J connectivity index is 2.08. The number of carbonyl (C=O) groups is 1. The summed E-state index contributed by atoms with van der Waals surface area (Å²) in [6.45, 7) is 6.94. The number of rotatable bonds is 5. The van der Waals surface area contributed by atoms with E-state index in [9.17, 15) is 4.79 Å². The molecule has 1 amide bonds. The Kier molecular flexibility index (Phi) is 5.42. The summed E-state index contributed by atoms with van der Waals surface area (Å²) in [7, 11) is 0. The van der Waals surface area contributed by atoms with Crippen LogP contribution in [0, 0.1) is 6.92 Å². The van der Waals surface area contributed by atoms with Gasteiger partial charge in [0.25, 0.3) is 0 Å². The van der Waals surface area contributed by atoms with Gasteiger partial charge in [0.2, 0.25) is 0 Å². The van der Waals surface area contributed by atoms with Crippen molar-refractivity contribution in [3.8, 4) is 0 Å². The Morgan fingerprint density at radius 2 is 2.19 bits per heavy atom. The van der Waals surface area contributed by atoms with Gasteiger partial charge in [-0.15, -0.1) is 0 Å². The van der Waals surface area contributed by atoms with Gasteiger partial charge in [0.15, 0.2) is 0 Å². The van der Waals surface area contributed by atoms with Gasteiger partial charge in [-0.3, -0.25) is 4.84 Å². The van der Waals surface area contributed by atoms with Crippen molar-refractivity contribution in [2.75, 3.05) is 6.54 Å². The average Bonchev–Trinajstić information content (AvgIpc) is 2.81. The van der Waals surface area contributed by atoms with E-state index in [1.54, 1.807) is 0 Å². The number of carbonyl (C=O) groups excluding carboxylic acids is 1. The molecule has 1 aromatic rings. The maximum absolute atomic E-state index is 11.6. The molecule has 0 aliphatic heterocycles. The number of oxime groups is 1. The van der Waals surface area contributed by atoms with E-state index in [1.807, 2.05) is 0 Å². The quantitative estimate of drug-likeness (QED) is 0.495. The molecule has 1 heterocycles. The van der Waals surface area contributed by atoms with Crippen molar-refractivity contribution < 1.29 is 9.63 Å². The maximum atomic E-state index is 11.6. The molecule has 2 rings (SSSR count). The van der Waals surface area contributed by atoms with Crippen molar-refractivity contribution in [3.63, 3.8) is 0 Å². The van der Waals surface area contributed by atoms with Crippen LogP contribution in [0.4, 0.5) is 4.79 Å². The fraction of sp³-hybridized carbons (Fsp3) is 0.625. The lowest BCUT2D eigenvalue weighted by molar-refractivity contribution is 0.150. The Hall–Kier alpha value is -1.78. The summed E-state index contributed by atoms with van der Waals surface area (Å²) in [5, 5.41) is 6.81. The predicted molar refractivity (Wildman–Crippen MR) is 83.8 cm³/mol. The largest absolute Gasteiger partial charge is 0.433 e. The van der Waals surface area contributed by atoms with Crippen molar-refractivity contribution >= 4 is 11.8 Å². The number of amides is 1. The second-order valence-corrected chi connectivity index (χ2v) is 5.49. The number of aromatic nitrogens is 1. The monoisotopic (exact) mass is 291 g/mol. The maximum Gasteiger partial charge on any atom is 0.433 e. The van der Waals surface area contributed by atoms with Crippen LogP contribution in [0.2, 0.25) is 0 Å². The van der Waals surface area contributed by atoms with E-state index < -0.39 is 6.09 Å². The van der Waals surface area contributed by atoms with Crippen molar-refractivity contribution in [2.45, 2.75) is 59.3 Å². The number of H-pyrrole nitrogens is 1. The van der Waals surface area contributed by atoms with Gasteiger partial charge < -0.3 is 10.3 Å². The van der Waals surface area contributed by atoms with Gasteiger partial charge in [0, 0.05) is 23.5 Å². The number of nitrogens with one attached hydrogen (secondary N) is 2. The van der Waals surface area contributed by atoms with E-state index in [2.05, 4.69) is 36.2 Å². The summed E-state index contributed by atoms with van der Waals surface area (Å²) >= 11 is 0. The molecule has 1 aromatic heterocycles. The van der Waals surface area contributed by atoms with E-state index in [1.165, 1.54) is 22.5 Å². The van der Waals surface area contributed by atoms with Gasteiger partial charge in [-0.2, -0.15) is 0 Å². The van der Waals surface area contributed by atoms with E-state index in [4.69, 9.17) is 4.84 Å². The predicted octanol–water partition coefficient (Wildman–Crippen LogP) is 3.45. The highest BCUT2D eigenvalue weighted by Gasteiger charge is 2.23. The molecule has 0 unspecified atom stereocenters. The number of nitrogens with zero attached hydrogens (tertiary/aromatic N) is 1. The van der Waals surface area contributed by atoms with E-state index in [0.29, 0.717) is 6.54 Å². The van der Waals surface area contributed by atoms with Crippen LogP contribution >= 0.6 is 0 Å². The number of hydrogen-bond donors (Lipinski definition) is 2. The van der Waals surface area contributed by atoms with Crippen LogP contribution in [0.15, 0.2) is 5.16 Å². The van der Waals surface area contributed by atoms with E-state index >= 15 is 0 Å². The fourth-order valence-electron chi connectivity index (χ4n) is 2.86. The number of aryl methyl sites for hydroxylation is 2. The van der Waals surface area contributed by atoms with Crippen LogP contribution in [-0.4, -0.2) is 23.3 Å². The SMILES string of the molecule is CCCCNC(=O)O/N=C1\CCCc2[nH]c(C)c(CC)c21. The van der Waals surface area contributed by atoms with Gasteiger partial charge in [0.05, 0.1) is 5.71 Å². The zero-order valence-corrected chi connectivity index (χ0v) is 13.2. The average molecular weight is 291 g/mol. The second kappa shape index (κ2) is 7.29. The molecule has 2 N–H and O–H groups in total. The van der Waals surface area contributed by atoms with Gasteiger partial charge in [-0.1, -0.05) is 25.4 Å². The minimum atomic E-state index is -0.464. The number of aromatic amines is 1. The molecule has 0 saturated heterocycles. The van der Waals surface area contributed by atoms with Crippen molar-refractivity contribution in [3.05, 3.63) is 22.5 Å². The van der Waals surface area contributed by atoms with Crippen LogP contribution < -0.4 is 5.32 Å². The summed E-state index contributed by atoms with van der Waals surface area (Å²) in [6, 6.07) is 0. The number of fused-ring (bicyclic) bond motifs is 1. The molecule has 0 spiro atoms. The molecule has 0 radical (unpaired) electrons. The third-order valence-electron chi connectivity index (χ3n) is 3.92. The smallest absolute Gasteiger partial charge is 0.362 e. The third kappa shape index (κ3) is 3.65. The van der Waals surface area contributed by atoms with Crippen molar-refractivity contribution in [1.82, 2.24) is 10.3 Å². The normalized spacial score (nSPS) is 15.9. The lowest BCUT2D eigenvalue weighted by Crippen LogP contribution is -2.24. The number of hydrogen-bond acceptors (Lipinski definition) is 3. The summed E-state index contributed by atoms with van der Waals surface area (Å²) in [5.41, 5.74) is 5.78. The minimum Gasteiger partial charge on any atom is -0.362 e. The summed E-state index contributed by atoms with van der Waals surface area (Å²) in [4.78, 5) is 20.0. The fourth-order valence-corrected chi connectivity index (χ4v) is 2.86. The molecular weight excluding hydrogens is 266 g/mol. The summed E-state index contributed by atoms with van der Waals surface area (Å²) < 4.78 is 0. The topological polar surface area (TPSA) is 66.5 Å². The highest BCUT2D eigenvalue weighted by Crippen LogP contribution is 2.27. The molecule has 0 fully saturated rings. The van der Waals surface area contributed by atoms with Crippen LogP contribution in [0.5, 0.6) is 0 Å². The molecule has 0 saturated carbocycles. The van der Waals surface area contributed by atoms with Gasteiger partial charge in [-0.25, -0.2) is 4.79 Å². The van der Waals surface area contributed by atoms with Crippen molar-refractivity contribution in [2.24, 2.45) is 5.16 Å². The lowest BCUT2D eigenvalue weighted by Gasteiger charge is -2.15. The van der Waals surface area contributed by atoms with Crippen molar-refractivity contribution in [1.29, 1.82) is 0 Å². The zero-order chi connectivity index (χ0) is 15.2. The Labute approximate surface area is 126 Å². The van der Waals surface area contributed by atoms with Crippen LogP contribution in [0.1, 0.15) is 62.0 Å². The Morgan fingerprint density at radius 3 is 2.90 bits per heavy atom. The van der Waals surface area contributed by atoms with Crippen LogP contribution in [-0.2, 0) is 17.7 Å². The lowest BCUT2D eigenvalue weighted by atomic mass is 9.92.